The van der Waals surface area contributed by atoms with Crippen molar-refractivity contribution in [3.8, 4) is 0 Å². The van der Waals surface area contributed by atoms with E-state index < -0.39 is 0 Å². The molecule has 4 rings (SSSR count). The van der Waals surface area contributed by atoms with E-state index >= 15 is 0 Å². The number of hydrogen-bond acceptors (Lipinski definition) is 5. The van der Waals surface area contributed by atoms with Crippen LogP contribution in [0.25, 0.3) is 0 Å². The summed E-state index contributed by atoms with van der Waals surface area (Å²) >= 11 is 0. The van der Waals surface area contributed by atoms with Gasteiger partial charge in [0.1, 0.15) is 5.60 Å². The molecule has 6 nitrogen and oxygen atoms in total. The molecule has 2 aromatic heterocycles. The second-order valence-electron chi connectivity index (χ2n) is 7.34. The highest BCUT2D eigenvalue weighted by atomic mass is 16.5. The molecule has 2 fully saturated rings. The van der Waals surface area contributed by atoms with Crippen LogP contribution in [0.3, 0.4) is 0 Å². The van der Waals surface area contributed by atoms with Crippen LogP contribution in [0.15, 0.2) is 48.9 Å². The first-order valence-electron chi connectivity index (χ1n) is 9.53. The minimum atomic E-state index is -0.167. The Morgan fingerprint density at radius 2 is 2.07 bits per heavy atom. The van der Waals surface area contributed by atoms with Crippen LogP contribution in [-0.4, -0.2) is 52.7 Å². The first-order valence-corrected chi connectivity index (χ1v) is 9.53. The Bertz CT molecular complexity index is 748. The molecule has 6 heteroatoms. The normalized spacial score (nSPS) is 20.6. The van der Waals surface area contributed by atoms with E-state index in [0.717, 1.165) is 30.7 Å². The standard InChI is InChI=1S/C21H25N3O3/c25-20(13-19-3-1-2-8-23-19)24-15-21(16-24)18(7-12-27-21)6-11-26-14-17-4-9-22-10-5-17/h1-5,8-10,18H,6-7,11-16H2. The van der Waals surface area contributed by atoms with Gasteiger partial charge in [0.25, 0.3) is 0 Å². The number of carbonyl (C=O) groups excluding carboxylic acids is 1. The molecular weight excluding hydrogens is 342 g/mol. The lowest BCUT2D eigenvalue weighted by atomic mass is 9.79. The van der Waals surface area contributed by atoms with Gasteiger partial charge in [-0.3, -0.25) is 14.8 Å². The summed E-state index contributed by atoms with van der Waals surface area (Å²) in [7, 11) is 0. The summed E-state index contributed by atoms with van der Waals surface area (Å²) in [6.07, 6.45) is 7.65. The van der Waals surface area contributed by atoms with Gasteiger partial charge >= 0.3 is 0 Å². The SMILES string of the molecule is O=C(Cc1ccccn1)N1CC2(C1)OCCC2CCOCc1ccncc1. The van der Waals surface area contributed by atoms with Gasteiger partial charge in [0.15, 0.2) is 0 Å². The zero-order valence-corrected chi connectivity index (χ0v) is 15.4. The molecule has 1 amide bonds. The molecule has 1 unspecified atom stereocenters. The monoisotopic (exact) mass is 367 g/mol. The van der Waals surface area contributed by atoms with E-state index in [0.29, 0.717) is 38.6 Å². The van der Waals surface area contributed by atoms with E-state index in [9.17, 15) is 4.79 Å². The largest absolute Gasteiger partial charge is 0.377 e. The summed E-state index contributed by atoms with van der Waals surface area (Å²) in [5.41, 5.74) is 1.79. The van der Waals surface area contributed by atoms with Crippen molar-refractivity contribution in [2.24, 2.45) is 5.92 Å². The predicted molar refractivity (Wildman–Crippen MR) is 99.8 cm³/mol. The first kappa shape index (κ1) is 18.1. The van der Waals surface area contributed by atoms with E-state index in [4.69, 9.17) is 9.47 Å². The van der Waals surface area contributed by atoms with Crippen molar-refractivity contribution >= 4 is 5.91 Å². The molecule has 0 saturated carbocycles. The van der Waals surface area contributed by atoms with Crippen molar-refractivity contribution in [2.45, 2.75) is 31.5 Å². The third-order valence-electron chi connectivity index (χ3n) is 5.56. The third-order valence-corrected chi connectivity index (χ3v) is 5.56. The van der Waals surface area contributed by atoms with Crippen LogP contribution in [0.5, 0.6) is 0 Å². The fraction of sp³-hybridized carbons (Fsp3) is 0.476. The van der Waals surface area contributed by atoms with E-state index in [2.05, 4.69) is 9.97 Å². The van der Waals surface area contributed by atoms with Crippen LogP contribution in [-0.2, 0) is 27.3 Å². The molecule has 4 heterocycles. The average molecular weight is 367 g/mol. The Labute approximate surface area is 159 Å². The van der Waals surface area contributed by atoms with Crippen molar-refractivity contribution in [3.63, 3.8) is 0 Å². The van der Waals surface area contributed by atoms with Gasteiger partial charge in [-0.05, 0) is 48.6 Å². The second kappa shape index (κ2) is 8.15. The zero-order chi connectivity index (χ0) is 18.5. The minimum absolute atomic E-state index is 0.127. The molecule has 0 N–H and O–H groups in total. The molecule has 1 atom stereocenters. The van der Waals surface area contributed by atoms with E-state index in [1.165, 1.54) is 0 Å². The van der Waals surface area contributed by atoms with Gasteiger partial charge in [-0.1, -0.05) is 6.07 Å². The van der Waals surface area contributed by atoms with E-state index in [1.807, 2.05) is 35.2 Å². The number of hydrogen-bond donors (Lipinski definition) is 0. The van der Waals surface area contributed by atoms with Gasteiger partial charge in [-0.15, -0.1) is 0 Å². The van der Waals surface area contributed by atoms with Crippen LogP contribution in [0, 0.1) is 5.92 Å². The maximum Gasteiger partial charge on any atom is 0.228 e. The second-order valence-corrected chi connectivity index (χ2v) is 7.34. The lowest BCUT2D eigenvalue weighted by molar-refractivity contribution is -0.165. The van der Waals surface area contributed by atoms with Crippen LogP contribution in [0.4, 0.5) is 0 Å². The highest BCUT2D eigenvalue weighted by molar-refractivity contribution is 5.79. The lowest BCUT2D eigenvalue weighted by Gasteiger charge is -2.50. The highest BCUT2D eigenvalue weighted by Gasteiger charge is 2.53. The number of pyridine rings is 2. The van der Waals surface area contributed by atoms with Crippen molar-refractivity contribution in [1.82, 2.24) is 14.9 Å². The van der Waals surface area contributed by atoms with Crippen LogP contribution in [0.2, 0.25) is 0 Å². The van der Waals surface area contributed by atoms with Crippen molar-refractivity contribution < 1.29 is 14.3 Å². The zero-order valence-electron chi connectivity index (χ0n) is 15.4. The summed E-state index contributed by atoms with van der Waals surface area (Å²) in [5, 5.41) is 0. The number of carbonyl (C=O) groups is 1. The maximum absolute atomic E-state index is 12.5. The molecule has 0 aliphatic carbocycles. The van der Waals surface area contributed by atoms with Crippen LogP contribution < -0.4 is 0 Å². The number of rotatable bonds is 7. The van der Waals surface area contributed by atoms with Crippen LogP contribution >= 0.6 is 0 Å². The number of amides is 1. The summed E-state index contributed by atoms with van der Waals surface area (Å²) in [5.74, 6) is 0.580. The summed E-state index contributed by atoms with van der Waals surface area (Å²) < 4.78 is 11.9. The quantitative estimate of drug-likeness (QED) is 0.702. The Balaban J connectivity index is 1.22. The molecular formula is C21H25N3O3. The maximum atomic E-state index is 12.5. The van der Waals surface area contributed by atoms with Crippen molar-refractivity contribution in [2.75, 3.05) is 26.3 Å². The van der Waals surface area contributed by atoms with Gasteiger partial charge in [-0.25, -0.2) is 0 Å². The Kier molecular flexibility index (Phi) is 5.45. The van der Waals surface area contributed by atoms with Crippen molar-refractivity contribution in [1.29, 1.82) is 0 Å². The van der Waals surface area contributed by atoms with Gasteiger partial charge < -0.3 is 14.4 Å². The number of likely N-dealkylation sites (tertiary alicyclic amines) is 1. The van der Waals surface area contributed by atoms with Gasteiger partial charge in [0.2, 0.25) is 5.91 Å². The number of nitrogens with zero attached hydrogens (tertiary/aromatic N) is 3. The lowest BCUT2D eigenvalue weighted by Crippen LogP contribution is -2.66. The molecule has 2 aliphatic heterocycles. The molecule has 1 spiro atoms. The molecule has 2 aliphatic rings. The van der Waals surface area contributed by atoms with Crippen molar-refractivity contribution in [3.05, 3.63) is 60.2 Å². The Hall–Kier alpha value is -2.31. The third kappa shape index (κ3) is 4.17. The smallest absolute Gasteiger partial charge is 0.228 e. The molecule has 0 bridgehead atoms. The summed E-state index contributed by atoms with van der Waals surface area (Å²) in [6, 6.07) is 9.60. The Morgan fingerprint density at radius 1 is 1.22 bits per heavy atom. The van der Waals surface area contributed by atoms with Gasteiger partial charge in [0, 0.05) is 37.5 Å². The van der Waals surface area contributed by atoms with E-state index in [1.54, 1.807) is 18.6 Å². The van der Waals surface area contributed by atoms with Gasteiger partial charge in [0.05, 0.1) is 26.1 Å². The fourth-order valence-corrected chi connectivity index (χ4v) is 3.98. The Morgan fingerprint density at radius 3 is 2.85 bits per heavy atom. The molecule has 0 aromatic carbocycles. The number of ether oxygens (including phenoxy) is 2. The molecule has 27 heavy (non-hydrogen) atoms. The molecule has 0 radical (unpaired) electrons. The summed E-state index contributed by atoms with van der Waals surface area (Å²) in [6.45, 7) is 3.47. The van der Waals surface area contributed by atoms with Gasteiger partial charge in [-0.2, -0.15) is 0 Å². The highest BCUT2D eigenvalue weighted by Crippen LogP contribution is 2.41. The fourth-order valence-electron chi connectivity index (χ4n) is 3.98. The minimum Gasteiger partial charge on any atom is -0.377 e. The number of aromatic nitrogens is 2. The molecule has 2 aromatic rings. The predicted octanol–water partition coefficient (Wildman–Crippen LogP) is 2.24. The topological polar surface area (TPSA) is 64.6 Å². The molecule has 142 valence electrons. The van der Waals surface area contributed by atoms with Crippen LogP contribution in [0.1, 0.15) is 24.1 Å². The van der Waals surface area contributed by atoms with E-state index in [-0.39, 0.29) is 11.5 Å². The molecule has 2 saturated heterocycles. The summed E-state index contributed by atoms with van der Waals surface area (Å²) in [4.78, 5) is 22.6. The average Bonchev–Trinajstić information content (AvgIpc) is 3.10. The first-order chi connectivity index (χ1) is 13.3.